The molecule has 1 aliphatic heterocycles. The lowest BCUT2D eigenvalue weighted by Crippen LogP contribution is -2.50. The number of nitriles is 1. The standard InChI is InChI=1S/C14H24N2O/c1-13(2,3)12(17)11-7-10(8-15)9-16(11)14(4,5)6/h10-11H,7,9H2,1-6H3. The summed E-state index contributed by atoms with van der Waals surface area (Å²) in [6, 6.07) is 2.21. The highest BCUT2D eigenvalue weighted by Gasteiger charge is 2.44. The van der Waals surface area contributed by atoms with Crippen molar-refractivity contribution in [3.05, 3.63) is 0 Å². The van der Waals surface area contributed by atoms with Gasteiger partial charge in [-0.05, 0) is 27.2 Å². The van der Waals surface area contributed by atoms with Crippen LogP contribution in [0.2, 0.25) is 0 Å². The summed E-state index contributed by atoms with van der Waals surface area (Å²) in [6.45, 7) is 12.9. The zero-order valence-corrected chi connectivity index (χ0v) is 11.9. The maximum atomic E-state index is 12.4. The average molecular weight is 236 g/mol. The molecule has 1 rings (SSSR count). The van der Waals surface area contributed by atoms with Gasteiger partial charge in [-0.25, -0.2) is 0 Å². The van der Waals surface area contributed by atoms with Crippen LogP contribution < -0.4 is 0 Å². The highest BCUT2D eigenvalue weighted by molar-refractivity contribution is 5.89. The van der Waals surface area contributed by atoms with Crippen LogP contribution in [0.1, 0.15) is 48.0 Å². The summed E-state index contributed by atoms with van der Waals surface area (Å²) in [5.74, 6) is 0.246. The van der Waals surface area contributed by atoms with E-state index in [1.807, 2.05) is 20.8 Å². The molecule has 0 N–H and O–H groups in total. The molecule has 3 nitrogen and oxygen atoms in total. The lowest BCUT2D eigenvalue weighted by Gasteiger charge is -2.38. The molecule has 0 radical (unpaired) electrons. The van der Waals surface area contributed by atoms with E-state index in [2.05, 4.69) is 31.7 Å². The smallest absolute Gasteiger partial charge is 0.155 e. The molecule has 1 aliphatic rings. The van der Waals surface area contributed by atoms with Gasteiger partial charge in [0.2, 0.25) is 0 Å². The molecule has 2 atom stereocenters. The van der Waals surface area contributed by atoms with Crippen LogP contribution in [0.15, 0.2) is 0 Å². The molecule has 0 aromatic rings. The monoisotopic (exact) mass is 236 g/mol. The molecule has 0 bridgehead atoms. The number of hydrogen-bond donors (Lipinski definition) is 0. The Kier molecular flexibility index (Phi) is 3.69. The Morgan fingerprint density at radius 2 is 1.76 bits per heavy atom. The molecule has 2 unspecified atom stereocenters. The van der Waals surface area contributed by atoms with Crippen LogP contribution in [0.5, 0.6) is 0 Å². The first kappa shape index (κ1) is 14.2. The molecule has 0 aromatic heterocycles. The van der Waals surface area contributed by atoms with E-state index in [0.717, 1.165) is 0 Å². The van der Waals surface area contributed by atoms with Crippen molar-refractivity contribution in [3.63, 3.8) is 0 Å². The third kappa shape index (κ3) is 3.07. The fourth-order valence-corrected chi connectivity index (χ4v) is 2.42. The minimum absolute atomic E-state index is 0.00877. The van der Waals surface area contributed by atoms with E-state index in [1.165, 1.54) is 0 Å². The minimum atomic E-state index is -0.335. The Balaban J connectivity index is 2.97. The van der Waals surface area contributed by atoms with Crippen LogP contribution in [0.4, 0.5) is 0 Å². The van der Waals surface area contributed by atoms with Crippen molar-refractivity contribution in [2.24, 2.45) is 11.3 Å². The van der Waals surface area contributed by atoms with E-state index >= 15 is 0 Å². The normalized spacial score (nSPS) is 26.9. The number of rotatable bonds is 1. The van der Waals surface area contributed by atoms with E-state index in [4.69, 9.17) is 5.26 Å². The van der Waals surface area contributed by atoms with Crippen LogP contribution in [0.3, 0.4) is 0 Å². The van der Waals surface area contributed by atoms with Crippen molar-refractivity contribution in [2.75, 3.05) is 6.54 Å². The predicted octanol–water partition coefficient (Wildman–Crippen LogP) is 2.61. The van der Waals surface area contributed by atoms with Gasteiger partial charge in [-0.15, -0.1) is 0 Å². The lowest BCUT2D eigenvalue weighted by atomic mass is 9.84. The number of carbonyl (C=O) groups excluding carboxylic acids is 1. The SMILES string of the molecule is CC(C)(C)C(=O)C1CC(C#N)CN1C(C)(C)C. The third-order valence-electron chi connectivity index (χ3n) is 3.39. The highest BCUT2D eigenvalue weighted by atomic mass is 16.1. The summed E-state index contributed by atoms with van der Waals surface area (Å²) in [5, 5.41) is 9.06. The van der Waals surface area contributed by atoms with Gasteiger partial charge in [-0.3, -0.25) is 9.69 Å². The molecule has 1 fully saturated rings. The molecule has 1 heterocycles. The Labute approximate surface area is 105 Å². The number of carbonyl (C=O) groups is 1. The van der Waals surface area contributed by atoms with Gasteiger partial charge >= 0.3 is 0 Å². The van der Waals surface area contributed by atoms with Gasteiger partial charge in [0, 0.05) is 17.5 Å². The highest BCUT2D eigenvalue weighted by Crippen LogP contribution is 2.34. The number of Topliss-reactive ketones (excluding diaryl/α,β-unsaturated/α-hetero) is 1. The molecular weight excluding hydrogens is 212 g/mol. The van der Waals surface area contributed by atoms with Crippen LogP contribution in [0.25, 0.3) is 0 Å². The van der Waals surface area contributed by atoms with E-state index in [1.54, 1.807) is 0 Å². The van der Waals surface area contributed by atoms with Crippen molar-refractivity contribution in [1.29, 1.82) is 5.26 Å². The van der Waals surface area contributed by atoms with Gasteiger partial charge in [-0.2, -0.15) is 5.26 Å². The zero-order chi connectivity index (χ0) is 13.4. The summed E-state index contributed by atoms with van der Waals surface area (Å²) in [6.07, 6.45) is 0.684. The number of hydrogen-bond acceptors (Lipinski definition) is 3. The summed E-state index contributed by atoms with van der Waals surface area (Å²) in [7, 11) is 0. The fourth-order valence-electron chi connectivity index (χ4n) is 2.42. The molecule has 17 heavy (non-hydrogen) atoms. The van der Waals surface area contributed by atoms with E-state index in [9.17, 15) is 4.79 Å². The molecule has 96 valence electrons. The summed E-state index contributed by atoms with van der Waals surface area (Å²) >= 11 is 0. The second-order valence-electron chi connectivity index (χ2n) is 7.01. The van der Waals surface area contributed by atoms with Gasteiger partial charge in [-0.1, -0.05) is 20.8 Å². The number of nitrogens with zero attached hydrogens (tertiary/aromatic N) is 2. The van der Waals surface area contributed by atoms with Gasteiger partial charge in [0.15, 0.2) is 5.78 Å². The van der Waals surface area contributed by atoms with Crippen molar-refractivity contribution in [1.82, 2.24) is 4.90 Å². The van der Waals surface area contributed by atoms with E-state index < -0.39 is 0 Å². The van der Waals surface area contributed by atoms with Gasteiger partial charge in [0.25, 0.3) is 0 Å². The number of likely N-dealkylation sites (tertiary alicyclic amines) is 1. The second kappa shape index (κ2) is 4.42. The van der Waals surface area contributed by atoms with Gasteiger partial charge in [0.05, 0.1) is 18.0 Å². The molecule has 0 spiro atoms. The summed E-state index contributed by atoms with van der Waals surface area (Å²) < 4.78 is 0. The van der Waals surface area contributed by atoms with Crippen molar-refractivity contribution in [3.8, 4) is 6.07 Å². The maximum absolute atomic E-state index is 12.4. The zero-order valence-electron chi connectivity index (χ0n) is 11.9. The molecule has 0 aromatic carbocycles. The van der Waals surface area contributed by atoms with Crippen LogP contribution in [0, 0.1) is 22.7 Å². The van der Waals surface area contributed by atoms with Crippen molar-refractivity contribution < 1.29 is 4.79 Å². The first-order valence-corrected chi connectivity index (χ1v) is 6.28. The Morgan fingerprint density at radius 3 is 2.12 bits per heavy atom. The number of ketones is 1. The maximum Gasteiger partial charge on any atom is 0.155 e. The Morgan fingerprint density at radius 1 is 1.24 bits per heavy atom. The molecule has 3 heteroatoms. The third-order valence-corrected chi connectivity index (χ3v) is 3.39. The molecule has 0 saturated carbocycles. The first-order valence-electron chi connectivity index (χ1n) is 6.28. The van der Waals surface area contributed by atoms with Crippen LogP contribution in [-0.4, -0.2) is 28.8 Å². The molecule has 0 aliphatic carbocycles. The Bertz CT molecular complexity index is 341. The average Bonchev–Trinajstić information content (AvgIpc) is 2.57. The largest absolute Gasteiger partial charge is 0.297 e. The predicted molar refractivity (Wildman–Crippen MR) is 68.4 cm³/mol. The van der Waals surface area contributed by atoms with Crippen LogP contribution in [-0.2, 0) is 4.79 Å². The summed E-state index contributed by atoms with van der Waals surface area (Å²) in [4.78, 5) is 14.6. The van der Waals surface area contributed by atoms with Gasteiger partial charge < -0.3 is 0 Å². The molecular formula is C14H24N2O. The van der Waals surface area contributed by atoms with E-state index in [-0.39, 0.29) is 28.7 Å². The minimum Gasteiger partial charge on any atom is -0.297 e. The first-order chi connectivity index (χ1) is 7.57. The Hall–Kier alpha value is -0.880. The van der Waals surface area contributed by atoms with E-state index in [0.29, 0.717) is 13.0 Å². The van der Waals surface area contributed by atoms with Crippen LogP contribution >= 0.6 is 0 Å². The summed E-state index contributed by atoms with van der Waals surface area (Å²) in [5.41, 5.74) is -0.393. The molecule has 0 amide bonds. The fraction of sp³-hybridized carbons (Fsp3) is 0.857. The van der Waals surface area contributed by atoms with Crippen molar-refractivity contribution >= 4 is 5.78 Å². The quantitative estimate of drug-likeness (QED) is 0.703. The van der Waals surface area contributed by atoms with Gasteiger partial charge in [0.1, 0.15) is 0 Å². The molecule has 1 saturated heterocycles. The topological polar surface area (TPSA) is 44.1 Å². The lowest BCUT2D eigenvalue weighted by molar-refractivity contribution is -0.132. The second-order valence-corrected chi connectivity index (χ2v) is 7.01. The van der Waals surface area contributed by atoms with Crippen molar-refractivity contribution in [2.45, 2.75) is 59.5 Å².